The van der Waals surface area contributed by atoms with Crippen LogP contribution < -0.4 is 11.0 Å². The second-order valence-electron chi connectivity index (χ2n) is 3.85. The van der Waals surface area contributed by atoms with Crippen LogP contribution in [0.3, 0.4) is 0 Å². The van der Waals surface area contributed by atoms with Gasteiger partial charge in [0.05, 0.1) is 22.2 Å². The summed E-state index contributed by atoms with van der Waals surface area (Å²) in [4.78, 5) is 26.6. The molecule has 1 aromatic carbocycles. The summed E-state index contributed by atoms with van der Waals surface area (Å²) in [6.07, 6.45) is 0. The number of nitrogens with zero attached hydrogens (tertiary/aromatic N) is 2. The first-order valence-electron chi connectivity index (χ1n) is 5.67. The number of rotatable bonds is 4. The molecule has 20 heavy (non-hydrogen) atoms. The molecule has 8 heteroatoms. The first kappa shape index (κ1) is 14.5. The quantitative estimate of drug-likeness (QED) is 0.842. The van der Waals surface area contributed by atoms with E-state index in [2.05, 4.69) is 20.5 Å². The van der Waals surface area contributed by atoms with Crippen LogP contribution in [0.1, 0.15) is 5.69 Å². The zero-order valence-corrected chi connectivity index (χ0v) is 12.1. The predicted octanol–water partition coefficient (Wildman–Crippen LogP) is 1.86. The van der Waals surface area contributed by atoms with Gasteiger partial charge in [0, 0.05) is 0 Å². The first-order chi connectivity index (χ1) is 9.56. The minimum Gasteiger partial charge on any atom is -0.324 e. The van der Waals surface area contributed by atoms with Crippen LogP contribution in [0.5, 0.6) is 0 Å². The Morgan fingerprint density at radius 3 is 2.95 bits per heavy atom. The van der Waals surface area contributed by atoms with Crippen LogP contribution in [0.15, 0.2) is 34.1 Å². The SMILES string of the molecule is Cc1n[nH]c(=O)nc1SCC(=O)Nc1ccccc1Cl. The monoisotopic (exact) mass is 310 g/mol. The van der Waals surface area contributed by atoms with Crippen molar-refractivity contribution in [2.45, 2.75) is 11.9 Å². The molecule has 0 fully saturated rings. The lowest BCUT2D eigenvalue weighted by atomic mass is 10.3. The van der Waals surface area contributed by atoms with E-state index in [1.165, 1.54) is 0 Å². The van der Waals surface area contributed by atoms with Gasteiger partial charge >= 0.3 is 5.69 Å². The summed E-state index contributed by atoms with van der Waals surface area (Å²) in [5, 5.41) is 9.60. The summed E-state index contributed by atoms with van der Waals surface area (Å²) in [5.41, 5.74) is 0.582. The molecule has 0 atom stereocenters. The third kappa shape index (κ3) is 3.82. The van der Waals surface area contributed by atoms with Crippen LogP contribution in [0.4, 0.5) is 5.69 Å². The molecule has 2 rings (SSSR count). The number of benzene rings is 1. The molecule has 6 nitrogen and oxygen atoms in total. The number of amides is 1. The largest absolute Gasteiger partial charge is 0.362 e. The number of nitrogens with one attached hydrogen (secondary N) is 2. The number of aromatic nitrogens is 3. The smallest absolute Gasteiger partial charge is 0.324 e. The topological polar surface area (TPSA) is 87.7 Å². The predicted molar refractivity (Wildman–Crippen MR) is 78.2 cm³/mol. The molecule has 0 aliphatic rings. The number of para-hydroxylation sites is 1. The molecule has 0 bridgehead atoms. The Balaban J connectivity index is 1.97. The van der Waals surface area contributed by atoms with Crippen molar-refractivity contribution in [3.63, 3.8) is 0 Å². The van der Waals surface area contributed by atoms with Crippen molar-refractivity contribution in [3.8, 4) is 0 Å². The summed E-state index contributed by atoms with van der Waals surface area (Å²) in [6, 6.07) is 6.96. The maximum absolute atomic E-state index is 11.8. The average molecular weight is 311 g/mol. The lowest BCUT2D eigenvalue weighted by Gasteiger charge is -2.06. The highest BCUT2D eigenvalue weighted by Gasteiger charge is 2.09. The zero-order valence-electron chi connectivity index (χ0n) is 10.5. The van der Waals surface area contributed by atoms with Crippen molar-refractivity contribution in [3.05, 3.63) is 45.5 Å². The highest BCUT2D eigenvalue weighted by Crippen LogP contribution is 2.21. The van der Waals surface area contributed by atoms with Gasteiger partial charge in [0.2, 0.25) is 5.91 Å². The van der Waals surface area contributed by atoms with Crippen molar-refractivity contribution in [1.82, 2.24) is 15.2 Å². The van der Waals surface area contributed by atoms with E-state index in [9.17, 15) is 9.59 Å². The molecular formula is C12H11ClN4O2S. The number of hydrogen-bond donors (Lipinski definition) is 2. The van der Waals surface area contributed by atoms with Crippen LogP contribution in [-0.2, 0) is 4.79 Å². The summed E-state index contributed by atoms with van der Waals surface area (Å²) >= 11 is 7.09. The molecule has 0 saturated carbocycles. The summed E-state index contributed by atoms with van der Waals surface area (Å²) < 4.78 is 0. The van der Waals surface area contributed by atoms with E-state index in [1.807, 2.05) is 0 Å². The molecule has 0 aliphatic heterocycles. The lowest BCUT2D eigenvalue weighted by Crippen LogP contribution is -2.17. The number of thioether (sulfide) groups is 1. The number of carbonyl (C=O) groups excluding carboxylic acids is 1. The Bertz CT molecular complexity index is 689. The van der Waals surface area contributed by atoms with Crippen molar-refractivity contribution in [2.75, 3.05) is 11.1 Å². The van der Waals surface area contributed by atoms with Gasteiger partial charge in [0.25, 0.3) is 0 Å². The van der Waals surface area contributed by atoms with Crippen LogP contribution in [0.25, 0.3) is 0 Å². The van der Waals surface area contributed by atoms with Crippen molar-refractivity contribution < 1.29 is 4.79 Å². The molecular weight excluding hydrogens is 300 g/mol. The highest BCUT2D eigenvalue weighted by molar-refractivity contribution is 8.00. The molecule has 0 saturated heterocycles. The van der Waals surface area contributed by atoms with Crippen molar-refractivity contribution >= 4 is 35.0 Å². The number of carbonyl (C=O) groups is 1. The average Bonchev–Trinajstić information content (AvgIpc) is 2.42. The fraction of sp³-hybridized carbons (Fsp3) is 0.167. The van der Waals surface area contributed by atoms with Crippen molar-refractivity contribution in [1.29, 1.82) is 0 Å². The van der Waals surface area contributed by atoms with Crippen LogP contribution in [0.2, 0.25) is 5.02 Å². The Morgan fingerprint density at radius 1 is 1.45 bits per heavy atom. The fourth-order valence-electron chi connectivity index (χ4n) is 1.40. The van der Waals surface area contributed by atoms with Gasteiger partial charge in [-0.2, -0.15) is 10.1 Å². The molecule has 0 spiro atoms. The van der Waals surface area contributed by atoms with Gasteiger partial charge in [-0.25, -0.2) is 9.89 Å². The Hall–Kier alpha value is -1.86. The molecule has 2 N–H and O–H groups in total. The number of aromatic amines is 1. The molecule has 0 unspecified atom stereocenters. The minimum atomic E-state index is -0.537. The lowest BCUT2D eigenvalue weighted by molar-refractivity contribution is -0.113. The van der Waals surface area contributed by atoms with Gasteiger partial charge < -0.3 is 5.32 Å². The minimum absolute atomic E-state index is 0.115. The van der Waals surface area contributed by atoms with Gasteiger partial charge in [-0.1, -0.05) is 35.5 Å². The first-order valence-corrected chi connectivity index (χ1v) is 7.03. The van der Waals surface area contributed by atoms with Gasteiger partial charge in [-0.3, -0.25) is 4.79 Å². The van der Waals surface area contributed by atoms with E-state index in [4.69, 9.17) is 11.6 Å². The Morgan fingerprint density at radius 2 is 2.20 bits per heavy atom. The van der Waals surface area contributed by atoms with Gasteiger partial charge in [0.15, 0.2) is 0 Å². The molecule has 0 radical (unpaired) electrons. The van der Waals surface area contributed by atoms with Crippen LogP contribution in [-0.4, -0.2) is 26.8 Å². The van der Waals surface area contributed by atoms with Gasteiger partial charge in [-0.15, -0.1) is 0 Å². The maximum Gasteiger partial charge on any atom is 0.362 e. The number of H-pyrrole nitrogens is 1. The van der Waals surface area contributed by atoms with E-state index >= 15 is 0 Å². The molecule has 0 aliphatic carbocycles. The molecule has 1 aromatic heterocycles. The van der Waals surface area contributed by atoms with Gasteiger partial charge in [0.1, 0.15) is 5.03 Å². The second kappa shape index (κ2) is 6.53. The summed E-state index contributed by atoms with van der Waals surface area (Å²) in [7, 11) is 0. The molecule has 2 aromatic rings. The third-order valence-electron chi connectivity index (χ3n) is 2.32. The van der Waals surface area contributed by atoms with E-state index in [0.717, 1.165) is 11.8 Å². The van der Waals surface area contributed by atoms with E-state index in [-0.39, 0.29) is 11.7 Å². The Kier molecular flexibility index (Phi) is 4.75. The number of hydrogen-bond acceptors (Lipinski definition) is 5. The molecule has 104 valence electrons. The highest BCUT2D eigenvalue weighted by atomic mass is 35.5. The summed E-state index contributed by atoms with van der Waals surface area (Å²) in [6.45, 7) is 1.71. The fourth-order valence-corrected chi connectivity index (χ4v) is 2.32. The molecule has 1 heterocycles. The zero-order chi connectivity index (χ0) is 14.5. The van der Waals surface area contributed by atoms with E-state index in [0.29, 0.717) is 21.4 Å². The summed E-state index contributed by atoms with van der Waals surface area (Å²) in [5.74, 6) is -0.117. The second-order valence-corrected chi connectivity index (χ2v) is 5.22. The number of aryl methyl sites for hydroxylation is 1. The molecule has 1 amide bonds. The normalized spacial score (nSPS) is 10.3. The number of halogens is 1. The Labute approximate surface area is 124 Å². The third-order valence-corrected chi connectivity index (χ3v) is 3.72. The number of anilines is 1. The maximum atomic E-state index is 11.8. The van der Waals surface area contributed by atoms with Gasteiger partial charge in [-0.05, 0) is 19.1 Å². The van der Waals surface area contributed by atoms with E-state index < -0.39 is 5.69 Å². The van der Waals surface area contributed by atoms with Crippen molar-refractivity contribution in [2.24, 2.45) is 0 Å². The standard InChI is InChI=1S/C12H11ClN4O2S/c1-7-11(15-12(19)17-16-7)20-6-10(18)14-9-5-3-2-4-8(9)13/h2-5H,6H2,1H3,(H,14,18)(H,15,17,19). The van der Waals surface area contributed by atoms with E-state index in [1.54, 1.807) is 31.2 Å². The van der Waals surface area contributed by atoms with Crippen LogP contribution >= 0.6 is 23.4 Å². The van der Waals surface area contributed by atoms with Crippen LogP contribution in [0, 0.1) is 6.92 Å².